The molecule has 2 aliphatic rings. The first-order valence-corrected chi connectivity index (χ1v) is 8.76. The summed E-state index contributed by atoms with van der Waals surface area (Å²) in [5.74, 6) is 0.802. The van der Waals surface area contributed by atoms with Crippen molar-refractivity contribution in [1.82, 2.24) is 15.6 Å². The SMILES string of the molecule is Cc1cnc(Sc2ccc(C(=O)NC3CC4CCC3N4)cc2)o1. The number of fused-ring (bicyclic) bond motifs is 2. The summed E-state index contributed by atoms with van der Waals surface area (Å²) in [5, 5.41) is 7.32. The molecule has 5 nitrogen and oxygen atoms in total. The molecule has 2 fully saturated rings. The Balaban J connectivity index is 1.38. The third-order valence-corrected chi connectivity index (χ3v) is 5.41. The summed E-state index contributed by atoms with van der Waals surface area (Å²) < 4.78 is 5.45. The van der Waals surface area contributed by atoms with Gasteiger partial charge in [0, 0.05) is 28.6 Å². The van der Waals surface area contributed by atoms with Gasteiger partial charge in [-0.15, -0.1) is 0 Å². The number of benzene rings is 1. The predicted molar refractivity (Wildman–Crippen MR) is 87.6 cm³/mol. The maximum absolute atomic E-state index is 12.4. The summed E-state index contributed by atoms with van der Waals surface area (Å²) in [4.78, 5) is 17.5. The number of aryl methyl sites for hydroxylation is 1. The molecule has 1 aromatic carbocycles. The van der Waals surface area contributed by atoms with E-state index in [0.717, 1.165) is 17.1 Å². The molecule has 3 atom stereocenters. The zero-order valence-electron chi connectivity index (χ0n) is 12.9. The molecule has 2 bridgehead atoms. The minimum atomic E-state index is 0.00729. The lowest BCUT2D eigenvalue weighted by Gasteiger charge is -2.21. The Morgan fingerprint density at radius 2 is 2.17 bits per heavy atom. The average molecular weight is 329 g/mol. The number of hydrogen-bond donors (Lipinski definition) is 2. The van der Waals surface area contributed by atoms with Crippen molar-refractivity contribution in [3.05, 3.63) is 41.8 Å². The second-order valence-electron chi connectivity index (χ2n) is 6.23. The van der Waals surface area contributed by atoms with E-state index in [1.165, 1.54) is 24.6 Å². The minimum absolute atomic E-state index is 0.00729. The van der Waals surface area contributed by atoms with Gasteiger partial charge in [-0.05, 0) is 62.2 Å². The van der Waals surface area contributed by atoms with E-state index in [0.29, 0.717) is 22.9 Å². The summed E-state index contributed by atoms with van der Waals surface area (Å²) in [6.45, 7) is 1.87. The number of nitrogens with zero attached hydrogens (tertiary/aromatic N) is 1. The molecule has 3 unspecified atom stereocenters. The fraction of sp³-hybridized carbons (Fsp3) is 0.412. The van der Waals surface area contributed by atoms with Crippen LogP contribution in [0.2, 0.25) is 0 Å². The van der Waals surface area contributed by atoms with E-state index in [1.807, 2.05) is 31.2 Å². The number of amides is 1. The second kappa shape index (κ2) is 6.02. The van der Waals surface area contributed by atoms with E-state index in [9.17, 15) is 4.79 Å². The van der Waals surface area contributed by atoms with Crippen molar-refractivity contribution < 1.29 is 9.21 Å². The van der Waals surface area contributed by atoms with E-state index in [4.69, 9.17) is 4.42 Å². The highest BCUT2D eigenvalue weighted by atomic mass is 32.2. The van der Waals surface area contributed by atoms with Crippen LogP contribution in [0.1, 0.15) is 35.4 Å². The lowest BCUT2D eigenvalue weighted by molar-refractivity contribution is 0.0931. The summed E-state index contributed by atoms with van der Waals surface area (Å²) in [6.07, 6.45) is 5.16. The molecule has 2 saturated heterocycles. The Hall–Kier alpha value is -1.79. The van der Waals surface area contributed by atoms with Gasteiger partial charge in [-0.25, -0.2) is 4.98 Å². The predicted octanol–water partition coefficient (Wildman–Crippen LogP) is 2.76. The smallest absolute Gasteiger partial charge is 0.260 e. The maximum atomic E-state index is 12.4. The number of aromatic nitrogens is 1. The highest BCUT2D eigenvalue weighted by Crippen LogP contribution is 2.29. The molecule has 120 valence electrons. The number of oxazole rings is 1. The van der Waals surface area contributed by atoms with Gasteiger partial charge in [0.1, 0.15) is 5.76 Å². The standard InChI is InChI=1S/C17H19N3O2S/c1-10-9-18-17(22-10)23-13-5-2-11(3-6-13)16(21)20-15-8-12-4-7-14(15)19-12/h2-3,5-6,9,12,14-15,19H,4,7-8H2,1H3,(H,20,21). The second-order valence-corrected chi connectivity index (χ2v) is 7.25. The van der Waals surface area contributed by atoms with Crippen LogP contribution in [-0.4, -0.2) is 29.0 Å². The number of hydrogen-bond acceptors (Lipinski definition) is 5. The van der Waals surface area contributed by atoms with Crippen molar-refractivity contribution in [3.8, 4) is 0 Å². The van der Waals surface area contributed by atoms with Gasteiger partial charge in [-0.1, -0.05) is 0 Å². The summed E-state index contributed by atoms with van der Waals surface area (Å²) in [5.41, 5.74) is 0.695. The van der Waals surface area contributed by atoms with Crippen LogP contribution in [0, 0.1) is 6.92 Å². The normalized spacial score (nSPS) is 25.7. The van der Waals surface area contributed by atoms with Crippen LogP contribution in [0.3, 0.4) is 0 Å². The lowest BCUT2D eigenvalue weighted by Crippen LogP contribution is -2.42. The van der Waals surface area contributed by atoms with Crippen molar-refractivity contribution >= 4 is 17.7 Å². The fourth-order valence-corrected chi connectivity index (χ4v) is 4.14. The van der Waals surface area contributed by atoms with Gasteiger partial charge in [0.2, 0.25) is 0 Å². The third-order valence-electron chi connectivity index (χ3n) is 4.54. The molecule has 4 rings (SSSR count). The zero-order valence-corrected chi connectivity index (χ0v) is 13.7. The fourth-order valence-electron chi connectivity index (χ4n) is 3.39. The number of nitrogens with one attached hydrogen (secondary N) is 2. The van der Waals surface area contributed by atoms with Gasteiger partial charge in [0.25, 0.3) is 11.1 Å². The van der Waals surface area contributed by atoms with Gasteiger partial charge < -0.3 is 15.1 Å². The van der Waals surface area contributed by atoms with Crippen LogP contribution in [0.5, 0.6) is 0 Å². The van der Waals surface area contributed by atoms with Crippen molar-refractivity contribution in [2.75, 3.05) is 0 Å². The molecule has 6 heteroatoms. The summed E-state index contributed by atoms with van der Waals surface area (Å²) in [6, 6.07) is 8.88. The molecule has 2 N–H and O–H groups in total. The minimum Gasteiger partial charge on any atom is -0.437 e. The number of carbonyl (C=O) groups is 1. The Bertz CT molecular complexity index is 713. The van der Waals surface area contributed by atoms with Gasteiger partial charge >= 0.3 is 0 Å². The van der Waals surface area contributed by atoms with E-state index < -0.39 is 0 Å². The molecule has 2 aromatic rings. The van der Waals surface area contributed by atoms with E-state index in [1.54, 1.807) is 6.20 Å². The molecule has 0 spiro atoms. The van der Waals surface area contributed by atoms with Crippen molar-refractivity contribution in [1.29, 1.82) is 0 Å². The molecule has 23 heavy (non-hydrogen) atoms. The van der Waals surface area contributed by atoms with Crippen LogP contribution < -0.4 is 10.6 Å². The van der Waals surface area contributed by atoms with E-state index >= 15 is 0 Å². The van der Waals surface area contributed by atoms with Gasteiger partial charge in [-0.2, -0.15) is 0 Å². The first kappa shape index (κ1) is 14.8. The van der Waals surface area contributed by atoms with Crippen LogP contribution in [0.15, 0.2) is 45.0 Å². The van der Waals surface area contributed by atoms with Crippen molar-refractivity contribution in [3.63, 3.8) is 0 Å². The maximum Gasteiger partial charge on any atom is 0.260 e. The molecule has 3 heterocycles. The van der Waals surface area contributed by atoms with Gasteiger partial charge in [0.05, 0.1) is 6.20 Å². The quantitative estimate of drug-likeness (QED) is 0.903. The first-order valence-electron chi connectivity index (χ1n) is 7.94. The molecule has 0 radical (unpaired) electrons. The third kappa shape index (κ3) is 3.14. The number of carbonyl (C=O) groups excluding carboxylic acids is 1. The molecule has 2 aliphatic heterocycles. The van der Waals surface area contributed by atoms with Crippen molar-refractivity contribution in [2.24, 2.45) is 0 Å². The Kier molecular flexibility index (Phi) is 3.87. The van der Waals surface area contributed by atoms with Crippen LogP contribution in [0.25, 0.3) is 0 Å². The topological polar surface area (TPSA) is 67.2 Å². The van der Waals surface area contributed by atoms with Gasteiger partial charge in [0.15, 0.2) is 0 Å². The molecule has 1 amide bonds. The Morgan fingerprint density at radius 3 is 2.78 bits per heavy atom. The van der Waals surface area contributed by atoms with E-state index in [2.05, 4.69) is 15.6 Å². The highest BCUT2D eigenvalue weighted by Gasteiger charge is 2.39. The Morgan fingerprint density at radius 1 is 1.35 bits per heavy atom. The van der Waals surface area contributed by atoms with Crippen LogP contribution >= 0.6 is 11.8 Å². The van der Waals surface area contributed by atoms with E-state index in [-0.39, 0.29) is 11.9 Å². The van der Waals surface area contributed by atoms with Crippen LogP contribution in [0.4, 0.5) is 0 Å². The molecule has 0 saturated carbocycles. The summed E-state index contributed by atoms with van der Waals surface area (Å²) in [7, 11) is 0. The average Bonchev–Trinajstić information content (AvgIpc) is 3.25. The van der Waals surface area contributed by atoms with Crippen LogP contribution in [-0.2, 0) is 0 Å². The number of rotatable bonds is 4. The largest absolute Gasteiger partial charge is 0.437 e. The molecule has 0 aliphatic carbocycles. The van der Waals surface area contributed by atoms with Gasteiger partial charge in [-0.3, -0.25) is 4.79 Å². The zero-order chi connectivity index (χ0) is 15.8. The first-order chi connectivity index (χ1) is 11.2. The monoisotopic (exact) mass is 329 g/mol. The molecular formula is C17H19N3O2S. The summed E-state index contributed by atoms with van der Waals surface area (Å²) >= 11 is 1.45. The Labute approximate surface area is 139 Å². The molecular weight excluding hydrogens is 310 g/mol. The lowest BCUT2D eigenvalue weighted by atomic mass is 9.95. The van der Waals surface area contributed by atoms with Crippen molar-refractivity contribution in [2.45, 2.75) is 54.4 Å². The molecule has 1 aromatic heterocycles. The highest BCUT2D eigenvalue weighted by molar-refractivity contribution is 7.99.